The molecular formula is C16H14ClN3O3. The maximum absolute atomic E-state index is 11.5. The van der Waals surface area contributed by atoms with E-state index in [0.717, 1.165) is 16.5 Å². The van der Waals surface area contributed by atoms with E-state index in [2.05, 4.69) is 4.98 Å². The second-order valence-electron chi connectivity index (χ2n) is 4.98. The zero-order chi connectivity index (χ0) is 16.4. The third kappa shape index (κ3) is 2.99. The van der Waals surface area contributed by atoms with E-state index in [1.807, 2.05) is 29.0 Å². The summed E-state index contributed by atoms with van der Waals surface area (Å²) in [5.41, 5.74) is 3.58. The molecule has 3 aromatic rings. The number of carbonyl (C=O) groups excluding carboxylic acids is 1. The average molecular weight is 332 g/mol. The van der Waals surface area contributed by atoms with E-state index in [1.165, 1.54) is 0 Å². The molecule has 0 aliphatic carbocycles. The standard InChI is InChI=1S/C16H14ClN3O3/c1-23-15-6-10(2-3-12(15)17)9-20-5-4-11-8-18-13(7-14(11)20)16(21)19-22/h2-8,22H,9H2,1H3,(H,19,21). The lowest BCUT2D eigenvalue weighted by Gasteiger charge is -2.09. The van der Waals surface area contributed by atoms with Crippen LogP contribution in [0.2, 0.25) is 5.02 Å². The quantitative estimate of drug-likeness (QED) is 0.569. The second-order valence-corrected chi connectivity index (χ2v) is 5.39. The number of aromatic nitrogens is 2. The van der Waals surface area contributed by atoms with Gasteiger partial charge in [0.15, 0.2) is 0 Å². The molecule has 3 rings (SSSR count). The molecule has 0 saturated heterocycles. The fraction of sp³-hybridized carbons (Fsp3) is 0.125. The number of ether oxygens (including phenoxy) is 1. The van der Waals surface area contributed by atoms with Gasteiger partial charge in [0.05, 0.1) is 17.6 Å². The van der Waals surface area contributed by atoms with Crippen molar-refractivity contribution < 1.29 is 14.7 Å². The van der Waals surface area contributed by atoms with Gasteiger partial charge in [-0.1, -0.05) is 17.7 Å². The Labute approximate surface area is 137 Å². The van der Waals surface area contributed by atoms with Crippen LogP contribution in [0.3, 0.4) is 0 Å². The number of hydrogen-bond donors (Lipinski definition) is 2. The number of nitrogens with one attached hydrogen (secondary N) is 1. The largest absolute Gasteiger partial charge is 0.495 e. The van der Waals surface area contributed by atoms with Gasteiger partial charge in [0.25, 0.3) is 5.91 Å². The Morgan fingerprint density at radius 2 is 2.22 bits per heavy atom. The molecule has 0 aliphatic heterocycles. The summed E-state index contributed by atoms with van der Waals surface area (Å²) < 4.78 is 7.21. The highest BCUT2D eigenvalue weighted by Gasteiger charge is 2.10. The van der Waals surface area contributed by atoms with E-state index >= 15 is 0 Å². The summed E-state index contributed by atoms with van der Waals surface area (Å²) in [7, 11) is 1.57. The number of amides is 1. The molecule has 0 saturated carbocycles. The first-order valence-electron chi connectivity index (χ1n) is 6.84. The summed E-state index contributed by atoms with van der Waals surface area (Å²) in [5, 5.41) is 10.2. The second kappa shape index (κ2) is 6.28. The van der Waals surface area contributed by atoms with Crippen molar-refractivity contribution >= 4 is 28.4 Å². The molecule has 6 nitrogen and oxygen atoms in total. The molecule has 2 heterocycles. The molecule has 7 heteroatoms. The average Bonchev–Trinajstić information content (AvgIpc) is 2.98. The Balaban J connectivity index is 1.98. The predicted molar refractivity (Wildman–Crippen MR) is 86.1 cm³/mol. The van der Waals surface area contributed by atoms with Gasteiger partial charge in [-0.05, 0) is 29.8 Å². The van der Waals surface area contributed by atoms with Crippen LogP contribution >= 0.6 is 11.6 Å². The Hall–Kier alpha value is -2.57. The van der Waals surface area contributed by atoms with Gasteiger partial charge in [-0.3, -0.25) is 15.0 Å². The maximum Gasteiger partial charge on any atom is 0.293 e. The van der Waals surface area contributed by atoms with Gasteiger partial charge in [0, 0.05) is 24.3 Å². The van der Waals surface area contributed by atoms with Crippen LogP contribution < -0.4 is 10.2 Å². The molecule has 0 unspecified atom stereocenters. The van der Waals surface area contributed by atoms with E-state index in [-0.39, 0.29) is 5.69 Å². The molecule has 2 N–H and O–H groups in total. The number of rotatable bonds is 4. The van der Waals surface area contributed by atoms with Gasteiger partial charge < -0.3 is 9.30 Å². The van der Waals surface area contributed by atoms with Crippen molar-refractivity contribution in [1.82, 2.24) is 15.0 Å². The molecule has 0 atom stereocenters. The van der Waals surface area contributed by atoms with E-state index in [1.54, 1.807) is 30.9 Å². The maximum atomic E-state index is 11.5. The number of fused-ring (bicyclic) bond motifs is 1. The van der Waals surface area contributed by atoms with Crippen LogP contribution in [0, 0.1) is 0 Å². The third-order valence-electron chi connectivity index (χ3n) is 3.56. The number of hydrogen-bond acceptors (Lipinski definition) is 4. The van der Waals surface area contributed by atoms with Gasteiger partial charge in [-0.2, -0.15) is 0 Å². The predicted octanol–water partition coefficient (Wildman–Crippen LogP) is 2.87. The number of halogens is 1. The van der Waals surface area contributed by atoms with Crippen molar-refractivity contribution in [3.8, 4) is 5.75 Å². The minimum absolute atomic E-state index is 0.147. The highest BCUT2D eigenvalue weighted by Crippen LogP contribution is 2.26. The summed E-state index contributed by atoms with van der Waals surface area (Å²) in [4.78, 5) is 15.5. The molecule has 1 aromatic carbocycles. The monoisotopic (exact) mass is 331 g/mol. The zero-order valence-corrected chi connectivity index (χ0v) is 13.0. The first-order chi connectivity index (χ1) is 11.1. The molecule has 118 valence electrons. The number of methoxy groups -OCH3 is 1. The Morgan fingerprint density at radius 1 is 1.39 bits per heavy atom. The van der Waals surface area contributed by atoms with E-state index < -0.39 is 5.91 Å². The van der Waals surface area contributed by atoms with Crippen LogP contribution in [0.1, 0.15) is 16.1 Å². The summed E-state index contributed by atoms with van der Waals surface area (Å²) in [6, 6.07) is 9.12. The lowest BCUT2D eigenvalue weighted by atomic mass is 10.2. The highest BCUT2D eigenvalue weighted by molar-refractivity contribution is 6.32. The number of carbonyl (C=O) groups is 1. The first-order valence-corrected chi connectivity index (χ1v) is 7.22. The molecule has 0 aliphatic rings. The Kier molecular flexibility index (Phi) is 4.18. The topological polar surface area (TPSA) is 76.4 Å². The fourth-order valence-corrected chi connectivity index (χ4v) is 2.60. The third-order valence-corrected chi connectivity index (χ3v) is 3.87. The molecule has 23 heavy (non-hydrogen) atoms. The lowest BCUT2D eigenvalue weighted by molar-refractivity contribution is 0.0701. The number of benzene rings is 1. The summed E-state index contributed by atoms with van der Waals surface area (Å²) in [6.45, 7) is 0.585. The van der Waals surface area contributed by atoms with Gasteiger partial charge in [0.1, 0.15) is 11.4 Å². The van der Waals surface area contributed by atoms with Gasteiger partial charge in [-0.25, -0.2) is 5.48 Å². The minimum atomic E-state index is -0.646. The van der Waals surface area contributed by atoms with Crippen LogP contribution in [0.5, 0.6) is 5.75 Å². The van der Waals surface area contributed by atoms with Gasteiger partial charge in [-0.15, -0.1) is 0 Å². The van der Waals surface area contributed by atoms with Crippen molar-refractivity contribution in [2.24, 2.45) is 0 Å². The van der Waals surface area contributed by atoms with E-state index in [9.17, 15) is 4.79 Å². The van der Waals surface area contributed by atoms with Crippen molar-refractivity contribution in [3.63, 3.8) is 0 Å². The van der Waals surface area contributed by atoms with Crippen LogP contribution in [0.4, 0.5) is 0 Å². The van der Waals surface area contributed by atoms with Gasteiger partial charge in [0.2, 0.25) is 0 Å². The van der Waals surface area contributed by atoms with Crippen molar-refractivity contribution in [2.75, 3.05) is 7.11 Å². The summed E-state index contributed by atoms with van der Waals surface area (Å²) >= 11 is 6.04. The molecule has 2 aromatic heterocycles. The lowest BCUT2D eigenvalue weighted by Crippen LogP contribution is -2.19. The Morgan fingerprint density at radius 3 is 2.96 bits per heavy atom. The number of nitrogens with zero attached hydrogens (tertiary/aromatic N) is 2. The molecule has 0 fully saturated rings. The van der Waals surface area contributed by atoms with Crippen LogP contribution in [0.25, 0.3) is 10.9 Å². The van der Waals surface area contributed by atoms with Crippen molar-refractivity contribution in [3.05, 3.63) is 59.0 Å². The smallest absolute Gasteiger partial charge is 0.293 e. The fourth-order valence-electron chi connectivity index (χ4n) is 2.40. The van der Waals surface area contributed by atoms with Crippen LogP contribution in [0.15, 0.2) is 42.7 Å². The van der Waals surface area contributed by atoms with Gasteiger partial charge >= 0.3 is 0 Å². The Bertz CT molecular complexity index is 876. The van der Waals surface area contributed by atoms with E-state index in [4.69, 9.17) is 21.5 Å². The molecule has 1 amide bonds. The van der Waals surface area contributed by atoms with Crippen molar-refractivity contribution in [2.45, 2.75) is 6.54 Å². The molecule has 0 bridgehead atoms. The van der Waals surface area contributed by atoms with E-state index in [0.29, 0.717) is 17.3 Å². The first kappa shape index (κ1) is 15.3. The normalized spacial score (nSPS) is 10.7. The SMILES string of the molecule is COc1cc(Cn2ccc3cnc(C(=O)NO)cc32)ccc1Cl. The zero-order valence-electron chi connectivity index (χ0n) is 12.3. The van der Waals surface area contributed by atoms with Crippen LogP contribution in [-0.2, 0) is 6.54 Å². The minimum Gasteiger partial charge on any atom is -0.495 e. The van der Waals surface area contributed by atoms with Crippen molar-refractivity contribution in [1.29, 1.82) is 0 Å². The molecule has 0 radical (unpaired) electrons. The molecular weight excluding hydrogens is 318 g/mol. The molecule has 0 spiro atoms. The summed E-state index contributed by atoms with van der Waals surface area (Å²) in [5.74, 6) is -0.0320. The number of pyridine rings is 1. The summed E-state index contributed by atoms with van der Waals surface area (Å²) in [6.07, 6.45) is 3.51. The van der Waals surface area contributed by atoms with Crippen LogP contribution in [-0.4, -0.2) is 27.8 Å². The number of hydroxylamine groups is 1. The highest BCUT2D eigenvalue weighted by atomic mass is 35.5.